The van der Waals surface area contributed by atoms with Gasteiger partial charge in [0.25, 0.3) is 5.91 Å². The van der Waals surface area contributed by atoms with Crippen LogP contribution in [-0.4, -0.2) is 54.6 Å². The second-order valence-corrected chi connectivity index (χ2v) is 13.7. The van der Waals surface area contributed by atoms with E-state index in [1.807, 2.05) is 45.4 Å². The van der Waals surface area contributed by atoms with Crippen molar-refractivity contribution < 1.29 is 26.8 Å². The molecule has 3 amide bonds. The molecule has 12 heteroatoms. The largest absolute Gasteiger partial charge is 0.449 e. The van der Waals surface area contributed by atoms with Crippen LogP contribution in [0.3, 0.4) is 0 Å². The second-order valence-electron chi connectivity index (χ2n) is 11.6. The summed E-state index contributed by atoms with van der Waals surface area (Å²) in [4.78, 5) is 32.0. The van der Waals surface area contributed by atoms with Gasteiger partial charge in [-0.3, -0.25) is 4.79 Å². The molecule has 1 fully saturated rings. The third-order valence-corrected chi connectivity index (χ3v) is 7.61. The molecule has 9 nitrogen and oxygen atoms in total. The normalized spacial score (nSPS) is 17.7. The van der Waals surface area contributed by atoms with Gasteiger partial charge in [-0.15, -0.1) is 0 Å². The van der Waals surface area contributed by atoms with Gasteiger partial charge in [-0.1, -0.05) is 38.4 Å². The number of rotatable bonds is 4. The lowest BCUT2D eigenvalue weighted by Gasteiger charge is -2.45. The van der Waals surface area contributed by atoms with Gasteiger partial charge in [0, 0.05) is 35.3 Å². The number of nitrogens with one attached hydrogen (secondary N) is 2. The number of fused-ring (bicyclic) bond motifs is 1. The molecule has 1 unspecified atom stereocenters. The molecule has 39 heavy (non-hydrogen) atoms. The fourth-order valence-corrected chi connectivity index (χ4v) is 5.42. The summed E-state index contributed by atoms with van der Waals surface area (Å²) in [5.41, 5.74) is 1.82. The number of hydrogen-bond donors (Lipinski definition) is 2. The Hall–Kier alpha value is -3.18. The number of nitrogens with zero attached hydrogens (tertiary/aromatic N) is 2. The highest BCUT2D eigenvalue weighted by molar-refractivity contribution is 7.89. The summed E-state index contributed by atoms with van der Waals surface area (Å²) in [6, 6.07) is 6.81. The zero-order valence-corrected chi connectivity index (χ0v) is 24.3. The number of urea groups is 1. The van der Waals surface area contributed by atoms with E-state index >= 15 is 0 Å². The summed E-state index contributed by atoms with van der Waals surface area (Å²) in [7, 11) is -3.68. The van der Waals surface area contributed by atoms with Gasteiger partial charge in [-0.25, -0.2) is 27.3 Å². The lowest BCUT2D eigenvalue weighted by Crippen LogP contribution is -2.58. The summed E-state index contributed by atoms with van der Waals surface area (Å²) in [6.45, 7) is 10.1. The van der Waals surface area contributed by atoms with Crippen molar-refractivity contribution in [1.82, 2.24) is 19.9 Å². The number of amides is 3. The second kappa shape index (κ2) is 10.1. The number of sulfonamides is 1. The molecule has 3 heterocycles. The van der Waals surface area contributed by atoms with Crippen LogP contribution in [0.4, 0.5) is 9.18 Å². The molecule has 1 atom stereocenters. The first-order valence-electron chi connectivity index (χ1n) is 12.5. The number of carbonyl (C=O) groups is 2. The molecule has 0 bridgehead atoms. The molecule has 0 spiro atoms. The number of hydrogen-bond acceptors (Lipinski definition) is 6. The molecule has 1 aliphatic heterocycles. The number of benzene rings is 1. The highest BCUT2D eigenvalue weighted by Gasteiger charge is 2.40. The maximum absolute atomic E-state index is 14.2. The van der Waals surface area contributed by atoms with E-state index in [0.29, 0.717) is 41.7 Å². The molecule has 1 aliphatic rings. The third kappa shape index (κ3) is 6.36. The van der Waals surface area contributed by atoms with E-state index in [-0.39, 0.29) is 28.1 Å². The summed E-state index contributed by atoms with van der Waals surface area (Å²) in [5, 5.41) is 2.69. The summed E-state index contributed by atoms with van der Waals surface area (Å²) < 4.78 is 44.9. The van der Waals surface area contributed by atoms with Crippen molar-refractivity contribution in [3.05, 3.63) is 52.5 Å². The summed E-state index contributed by atoms with van der Waals surface area (Å²) >= 11 is 5.86. The van der Waals surface area contributed by atoms with Crippen molar-refractivity contribution in [1.29, 1.82) is 0 Å². The van der Waals surface area contributed by atoms with E-state index in [2.05, 4.69) is 10.3 Å². The minimum atomic E-state index is -3.68. The van der Waals surface area contributed by atoms with E-state index in [0.717, 1.165) is 11.8 Å². The molecule has 4 rings (SSSR count). The number of furan rings is 1. The topological polar surface area (TPSA) is 122 Å². The number of pyridine rings is 1. The molecular weight excluding hydrogens is 547 g/mol. The minimum absolute atomic E-state index is 0.0182. The fourth-order valence-electron chi connectivity index (χ4n) is 4.91. The van der Waals surface area contributed by atoms with Crippen molar-refractivity contribution in [2.45, 2.75) is 64.5 Å². The maximum Gasteiger partial charge on any atom is 0.328 e. The van der Waals surface area contributed by atoms with Crippen LogP contribution in [0.1, 0.15) is 63.6 Å². The Bertz CT molecular complexity index is 1560. The van der Waals surface area contributed by atoms with Crippen LogP contribution in [0.2, 0.25) is 5.02 Å². The van der Waals surface area contributed by atoms with Crippen molar-refractivity contribution in [2.75, 3.05) is 12.8 Å². The highest BCUT2D eigenvalue weighted by Crippen LogP contribution is 2.36. The van der Waals surface area contributed by atoms with Gasteiger partial charge in [0.1, 0.15) is 11.3 Å². The smallest absolute Gasteiger partial charge is 0.328 e. The Morgan fingerprint density at radius 3 is 2.49 bits per heavy atom. The molecule has 0 aliphatic carbocycles. The van der Waals surface area contributed by atoms with Gasteiger partial charge in [0.05, 0.1) is 17.0 Å². The fraction of sp³-hybridized carbons (Fsp3) is 0.444. The van der Waals surface area contributed by atoms with Crippen LogP contribution in [0.15, 0.2) is 34.7 Å². The zero-order valence-electron chi connectivity index (χ0n) is 22.7. The lowest BCUT2D eigenvalue weighted by molar-refractivity contribution is 0.0352. The predicted octanol–water partition coefficient (Wildman–Crippen LogP) is 5.23. The van der Waals surface area contributed by atoms with E-state index in [1.54, 1.807) is 17.0 Å². The molecule has 2 aromatic heterocycles. The van der Waals surface area contributed by atoms with Crippen molar-refractivity contribution >= 4 is 44.7 Å². The van der Waals surface area contributed by atoms with E-state index in [4.69, 9.17) is 16.0 Å². The van der Waals surface area contributed by atoms with E-state index in [1.165, 1.54) is 12.1 Å². The summed E-state index contributed by atoms with van der Waals surface area (Å²) in [6.07, 6.45) is 1.75. The SMILES string of the molecule is CC(C)(C)c1cc(-c2ccc(Cl)c(F)c2)nc2cc(C(=O)N3CCC(NC(=O)NS(C)(=O)=O)CC3(C)C)oc12. The van der Waals surface area contributed by atoms with Crippen molar-refractivity contribution in [3.63, 3.8) is 0 Å². The Labute approximate surface area is 232 Å². The summed E-state index contributed by atoms with van der Waals surface area (Å²) in [5.74, 6) is -0.752. The Morgan fingerprint density at radius 2 is 1.90 bits per heavy atom. The Kier molecular flexibility index (Phi) is 7.46. The first-order valence-corrected chi connectivity index (χ1v) is 14.7. The number of likely N-dealkylation sites (tertiary alicyclic amines) is 1. The molecule has 1 saturated heterocycles. The quantitative estimate of drug-likeness (QED) is 0.437. The molecule has 210 valence electrons. The average Bonchev–Trinajstić information content (AvgIpc) is 3.21. The van der Waals surface area contributed by atoms with Crippen LogP contribution in [0, 0.1) is 5.82 Å². The van der Waals surface area contributed by atoms with Gasteiger partial charge >= 0.3 is 6.03 Å². The van der Waals surface area contributed by atoms with Gasteiger partial charge in [0.2, 0.25) is 10.0 Å². The molecule has 2 N–H and O–H groups in total. The van der Waals surface area contributed by atoms with Gasteiger partial charge < -0.3 is 14.6 Å². The predicted molar refractivity (Wildman–Crippen MR) is 148 cm³/mol. The van der Waals surface area contributed by atoms with Gasteiger partial charge in [-0.2, -0.15) is 0 Å². The van der Waals surface area contributed by atoms with Crippen LogP contribution < -0.4 is 10.0 Å². The van der Waals surface area contributed by atoms with Crippen molar-refractivity contribution in [3.8, 4) is 11.3 Å². The lowest BCUT2D eigenvalue weighted by atomic mass is 9.86. The Morgan fingerprint density at radius 1 is 1.21 bits per heavy atom. The van der Waals surface area contributed by atoms with Gasteiger partial charge in [0.15, 0.2) is 11.3 Å². The number of carbonyl (C=O) groups excluding carboxylic acids is 2. The van der Waals surface area contributed by atoms with Crippen molar-refractivity contribution in [2.24, 2.45) is 0 Å². The number of halogens is 2. The molecule has 1 aromatic carbocycles. The van der Waals surface area contributed by atoms with E-state index < -0.39 is 27.4 Å². The first-order chi connectivity index (χ1) is 17.9. The monoisotopic (exact) mass is 578 g/mol. The molecule has 3 aromatic rings. The first kappa shape index (κ1) is 28.8. The minimum Gasteiger partial charge on any atom is -0.449 e. The molecule has 0 radical (unpaired) electrons. The average molecular weight is 579 g/mol. The van der Waals surface area contributed by atoms with Crippen LogP contribution in [-0.2, 0) is 15.4 Å². The number of aromatic nitrogens is 1. The number of piperidine rings is 1. The van der Waals surface area contributed by atoms with E-state index in [9.17, 15) is 22.4 Å². The zero-order chi connectivity index (χ0) is 28.9. The maximum atomic E-state index is 14.2. The third-order valence-electron chi connectivity index (χ3n) is 6.75. The van der Waals surface area contributed by atoms with Crippen LogP contribution in [0.25, 0.3) is 22.4 Å². The molecule has 0 saturated carbocycles. The van der Waals surface area contributed by atoms with Crippen LogP contribution >= 0.6 is 11.6 Å². The van der Waals surface area contributed by atoms with Gasteiger partial charge in [-0.05, 0) is 50.3 Å². The molecular formula is C27H32ClFN4O5S. The highest BCUT2D eigenvalue weighted by atomic mass is 35.5. The standard InChI is InChI=1S/C27H32ClFN4O5S/c1-26(2,3)17-12-20(15-7-8-18(28)19(29)11-15)31-21-13-22(38-23(17)21)24(34)33-10-9-16(14-27(33,4)5)30-25(35)32-39(6,36)37/h7-8,11-13,16H,9-10,14H2,1-6H3,(H2,30,32,35). The Balaban J connectivity index is 1.64. The van der Waals surface area contributed by atoms with Crippen LogP contribution in [0.5, 0.6) is 0 Å².